The number of rotatable bonds is 8. The van der Waals surface area contributed by atoms with Crippen molar-refractivity contribution in [2.24, 2.45) is 0 Å². The predicted octanol–water partition coefficient (Wildman–Crippen LogP) is 4.08. The van der Waals surface area contributed by atoms with Crippen LogP contribution in [-0.2, 0) is 0 Å². The maximum Gasteiger partial charge on any atom is 0.00925 e. The summed E-state index contributed by atoms with van der Waals surface area (Å²) >= 11 is 0. The minimum absolute atomic E-state index is 0.789. The molecule has 0 fully saturated rings. The van der Waals surface area contributed by atoms with Crippen LogP contribution in [0.2, 0.25) is 0 Å². The van der Waals surface area contributed by atoms with Crippen LogP contribution in [0.25, 0.3) is 0 Å². The Morgan fingerprint density at radius 1 is 0.857 bits per heavy atom. The lowest BCUT2D eigenvalue weighted by Crippen LogP contribution is -2.39. The SMILES string of the molecule is CCCCC(CC)N(C)C(CC)CC. The van der Waals surface area contributed by atoms with Gasteiger partial charge in [0.25, 0.3) is 0 Å². The lowest BCUT2D eigenvalue weighted by atomic mass is 10.0. The van der Waals surface area contributed by atoms with E-state index in [4.69, 9.17) is 0 Å². The molecule has 0 bridgehead atoms. The fourth-order valence-electron chi connectivity index (χ4n) is 2.30. The molecule has 0 heterocycles. The number of hydrogen-bond acceptors (Lipinski definition) is 1. The van der Waals surface area contributed by atoms with Crippen molar-refractivity contribution in [3.63, 3.8) is 0 Å². The first-order chi connectivity index (χ1) is 6.71. The van der Waals surface area contributed by atoms with Crippen molar-refractivity contribution in [3.8, 4) is 0 Å². The fraction of sp³-hybridized carbons (Fsp3) is 1.00. The van der Waals surface area contributed by atoms with Gasteiger partial charge in [-0.05, 0) is 32.7 Å². The molecule has 86 valence electrons. The van der Waals surface area contributed by atoms with Crippen LogP contribution >= 0.6 is 0 Å². The van der Waals surface area contributed by atoms with E-state index < -0.39 is 0 Å². The summed E-state index contributed by atoms with van der Waals surface area (Å²) in [6.45, 7) is 9.21. The Kier molecular flexibility index (Phi) is 8.26. The molecule has 0 rings (SSSR count). The molecule has 0 aromatic heterocycles. The molecule has 0 amide bonds. The summed E-state index contributed by atoms with van der Waals surface area (Å²) in [5, 5.41) is 0. The molecule has 0 radical (unpaired) electrons. The molecule has 0 aromatic rings. The first-order valence-corrected chi connectivity index (χ1v) is 6.43. The maximum atomic E-state index is 2.61. The summed E-state index contributed by atoms with van der Waals surface area (Å²) in [5.41, 5.74) is 0. The molecule has 14 heavy (non-hydrogen) atoms. The van der Waals surface area contributed by atoms with Crippen LogP contribution in [0.5, 0.6) is 0 Å². The van der Waals surface area contributed by atoms with E-state index in [2.05, 4.69) is 39.6 Å². The zero-order chi connectivity index (χ0) is 11.0. The Morgan fingerprint density at radius 3 is 1.71 bits per heavy atom. The molecule has 0 saturated carbocycles. The van der Waals surface area contributed by atoms with Crippen LogP contribution in [0.4, 0.5) is 0 Å². The summed E-state index contributed by atoms with van der Waals surface area (Å²) < 4.78 is 0. The van der Waals surface area contributed by atoms with E-state index in [1.165, 1.54) is 38.5 Å². The first kappa shape index (κ1) is 14.0. The summed E-state index contributed by atoms with van der Waals surface area (Å²) in [6.07, 6.45) is 7.95. The molecule has 0 N–H and O–H groups in total. The second-order valence-corrected chi connectivity index (χ2v) is 4.34. The topological polar surface area (TPSA) is 3.24 Å². The second-order valence-electron chi connectivity index (χ2n) is 4.34. The predicted molar refractivity (Wildman–Crippen MR) is 65.7 cm³/mol. The third kappa shape index (κ3) is 4.45. The highest BCUT2D eigenvalue weighted by Crippen LogP contribution is 2.16. The van der Waals surface area contributed by atoms with Crippen molar-refractivity contribution < 1.29 is 0 Å². The van der Waals surface area contributed by atoms with Gasteiger partial charge in [0.2, 0.25) is 0 Å². The molecule has 0 spiro atoms. The second kappa shape index (κ2) is 8.28. The third-order valence-corrected chi connectivity index (χ3v) is 3.46. The van der Waals surface area contributed by atoms with Gasteiger partial charge in [0.1, 0.15) is 0 Å². The normalized spacial score (nSPS) is 13.9. The third-order valence-electron chi connectivity index (χ3n) is 3.46. The summed E-state index contributed by atoms with van der Waals surface area (Å²) in [4.78, 5) is 2.61. The highest BCUT2D eigenvalue weighted by atomic mass is 15.2. The molecule has 1 atom stereocenters. The Balaban J connectivity index is 4.06. The smallest absolute Gasteiger partial charge is 0.00925 e. The molecular weight excluding hydrogens is 170 g/mol. The van der Waals surface area contributed by atoms with E-state index in [0.29, 0.717) is 0 Å². The van der Waals surface area contributed by atoms with E-state index >= 15 is 0 Å². The van der Waals surface area contributed by atoms with Crippen molar-refractivity contribution in [2.45, 2.75) is 78.3 Å². The molecule has 1 heteroatoms. The van der Waals surface area contributed by atoms with E-state index in [-0.39, 0.29) is 0 Å². The molecule has 0 aliphatic carbocycles. The van der Waals surface area contributed by atoms with E-state index in [0.717, 1.165) is 12.1 Å². The van der Waals surface area contributed by atoms with Crippen molar-refractivity contribution in [2.75, 3.05) is 7.05 Å². The van der Waals surface area contributed by atoms with Crippen LogP contribution in [0.1, 0.15) is 66.2 Å². The number of unbranched alkanes of at least 4 members (excludes halogenated alkanes) is 1. The molecule has 1 nitrogen and oxygen atoms in total. The highest BCUT2D eigenvalue weighted by Gasteiger charge is 2.18. The van der Waals surface area contributed by atoms with Gasteiger partial charge in [-0.25, -0.2) is 0 Å². The van der Waals surface area contributed by atoms with Crippen LogP contribution in [0.3, 0.4) is 0 Å². The zero-order valence-corrected chi connectivity index (χ0v) is 10.8. The van der Waals surface area contributed by atoms with E-state index in [1.54, 1.807) is 0 Å². The Morgan fingerprint density at radius 2 is 1.36 bits per heavy atom. The molecule has 0 aliphatic heterocycles. The first-order valence-electron chi connectivity index (χ1n) is 6.43. The fourth-order valence-corrected chi connectivity index (χ4v) is 2.30. The van der Waals surface area contributed by atoms with Gasteiger partial charge >= 0.3 is 0 Å². The van der Waals surface area contributed by atoms with Crippen molar-refractivity contribution in [3.05, 3.63) is 0 Å². The maximum absolute atomic E-state index is 2.61. The monoisotopic (exact) mass is 199 g/mol. The molecule has 1 unspecified atom stereocenters. The highest BCUT2D eigenvalue weighted by molar-refractivity contribution is 4.73. The standard InChI is InChI=1S/C13H29N/c1-6-10-11-13(9-4)14(5)12(7-2)8-3/h12-13H,6-11H2,1-5H3. The van der Waals surface area contributed by atoms with Crippen LogP contribution in [-0.4, -0.2) is 24.0 Å². The summed E-state index contributed by atoms with van der Waals surface area (Å²) in [7, 11) is 2.31. The molecule has 0 aliphatic rings. The lowest BCUT2D eigenvalue weighted by Gasteiger charge is -2.33. The molecule has 0 saturated heterocycles. The average molecular weight is 199 g/mol. The molecular formula is C13H29N. The van der Waals surface area contributed by atoms with Gasteiger partial charge in [-0.3, -0.25) is 0 Å². The van der Waals surface area contributed by atoms with Gasteiger partial charge in [-0.2, -0.15) is 0 Å². The average Bonchev–Trinajstić information content (AvgIpc) is 2.21. The quantitative estimate of drug-likeness (QED) is 0.569. The Hall–Kier alpha value is -0.0400. The van der Waals surface area contributed by atoms with Crippen LogP contribution < -0.4 is 0 Å². The van der Waals surface area contributed by atoms with Gasteiger partial charge in [-0.1, -0.05) is 40.5 Å². The van der Waals surface area contributed by atoms with E-state index in [9.17, 15) is 0 Å². The summed E-state index contributed by atoms with van der Waals surface area (Å²) in [6, 6.07) is 1.59. The van der Waals surface area contributed by atoms with Gasteiger partial charge in [0.05, 0.1) is 0 Å². The van der Waals surface area contributed by atoms with Gasteiger partial charge in [0, 0.05) is 12.1 Å². The lowest BCUT2D eigenvalue weighted by molar-refractivity contribution is 0.149. The van der Waals surface area contributed by atoms with Crippen LogP contribution in [0.15, 0.2) is 0 Å². The Bertz CT molecular complexity index is 118. The number of nitrogens with zero attached hydrogens (tertiary/aromatic N) is 1. The zero-order valence-electron chi connectivity index (χ0n) is 10.8. The summed E-state index contributed by atoms with van der Waals surface area (Å²) in [5.74, 6) is 0. The largest absolute Gasteiger partial charge is 0.301 e. The minimum atomic E-state index is 0.789. The molecule has 0 aromatic carbocycles. The van der Waals surface area contributed by atoms with Gasteiger partial charge < -0.3 is 4.90 Å². The van der Waals surface area contributed by atoms with Gasteiger partial charge in [-0.15, -0.1) is 0 Å². The van der Waals surface area contributed by atoms with Gasteiger partial charge in [0.15, 0.2) is 0 Å². The Labute approximate surface area is 90.9 Å². The van der Waals surface area contributed by atoms with Crippen LogP contribution in [0, 0.1) is 0 Å². The number of hydrogen-bond donors (Lipinski definition) is 0. The van der Waals surface area contributed by atoms with Crippen molar-refractivity contribution in [1.29, 1.82) is 0 Å². The van der Waals surface area contributed by atoms with Crippen molar-refractivity contribution in [1.82, 2.24) is 4.90 Å². The minimum Gasteiger partial charge on any atom is -0.301 e. The van der Waals surface area contributed by atoms with Crippen molar-refractivity contribution >= 4 is 0 Å². The van der Waals surface area contributed by atoms with E-state index in [1.807, 2.05) is 0 Å².